The quantitative estimate of drug-likeness (QED) is 0.763. The van der Waals surface area contributed by atoms with E-state index in [2.05, 4.69) is 13.8 Å². The smallest absolute Gasteiger partial charge is 0.231 e. The highest BCUT2D eigenvalue weighted by atomic mass is 16.7. The minimum Gasteiger partial charge on any atom is -0.454 e. The molecule has 0 fully saturated rings. The lowest BCUT2D eigenvalue weighted by atomic mass is 10.1. The van der Waals surface area contributed by atoms with Gasteiger partial charge in [0.2, 0.25) is 6.79 Å². The van der Waals surface area contributed by atoms with Crippen LogP contribution in [-0.2, 0) is 0 Å². The Kier molecular flexibility index (Phi) is 4.20. The van der Waals surface area contributed by atoms with Gasteiger partial charge in [0.25, 0.3) is 0 Å². The zero-order chi connectivity index (χ0) is 13.0. The molecule has 1 aromatic carbocycles. The van der Waals surface area contributed by atoms with Crippen LogP contribution in [0.5, 0.6) is 11.5 Å². The maximum atomic E-state index is 12.1. The molecule has 0 saturated carbocycles. The van der Waals surface area contributed by atoms with Crippen LogP contribution in [0.15, 0.2) is 18.2 Å². The minimum absolute atomic E-state index is 0.174. The van der Waals surface area contributed by atoms with Crippen LogP contribution in [-0.4, -0.2) is 32.2 Å². The third-order valence-electron chi connectivity index (χ3n) is 3.40. The monoisotopic (exact) mass is 250 g/mol. The number of carbonyl (C=O) groups is 1. The fraction of sp³-hybridized carbons (Fsp3) is 0.500. The summed E-state index contributed by atoms with van der Waals surface area (Å²) in [6.45, 7) is 7.54. The first kappa shape index (κ1) is 12.9. The molecule has 0 aliphatic carbocycles. The largest absolute Gasteiger partial charge is 0.454 e. The van der Waals surface area contributed by atoms with Crippen molar-refractivity contribution in [2.24, 2.45) is 0 Å². The van der Waals surface area contributed by atoms with Gasteiger partial charge in [-0.05, 0) is 32.0 Å². The number of ketones is 1. The van der Waals surface area contributed by atoms with Crippen molar-refractivity contribution >= 4 is 5.78 Å². The number of hydrogen-bond donors (Lipinski definition) is 1. The van der Waals surface area contributed by atoms with E-state index in [-0.39, 0.29) is 12.6 Å². The maximum Gasteiger partial charge on any atom is 0.231 e. The molecule has 0 radical (unpaired) electrons. The van der Waals surface area contributed by atoms with Gasteiger partial charge in [0, 0.05) is 5.56 Å². The Morgan fingerprint density at radius 2 is 1.94 bits per heavy atom. The van der Waals surface area contributed by atoms with Gasteiger partial charge in [0.15, 0.2) is 17.3 Å². The number of Topliss-reactive ketones (excluding diaryl/α,β-unsaturated/α-hetero) is 1. The summed E-state index contributed by atoms with van der Waals surface area (Å²) in [7, 11) is 0. The van der Waals surface area contributed by atoms with Crippen LogP contribution >= 0.6 is 0 Å². The van der Waals surface area contributed by atoms with E-state index in [1.54, 1.807) is 12.1 Å². The molecule has 1 aromatic rings. The summed E-state index contributed by atoms with van der Waals surface area (Å²) in [5.41, 5.74) is 0.714. The highest BCUT2D eigenvalue weighted by Crippen LogP contribution is 2.32. The summed E-state index contributed by atoms with van der Waals surface area (Å²) in [4.78, 5) is 13.5. The number of carbonyl (C=O) groups excluding carboxylic acids is 1. The molecule has 18 heavy (non-hydrogen) atoms. The topological polar surface area (TPSA) is 40.0 Å². The number of ether oxygens (including phenoxy) is 2. The second-order valence-corrected chi connectivity index (χ2v) is 4.45. The number of rotatable bonds is 6. The van der Waals surface area contributed by atoms with Crippen LogP contribution in [0.3, 0.4) is 0 Å². The number of benzene rings is 1. The van der Waals surface area contributed by atoms with Crippen LogP contribution in [0.1, 0.15) is 30.6 Å². The third kappa shape index (κ3) is 2.82. The Balaban J connectivity index is 1.97. The molecule has 0 spiro atoms. The zero-order valence-corrected chi connectivity index (χ0v) is 11.0. The Labute approximate surface area is 107 Å². The minimum atomic E-state index is 0.174. The van der Waals surface area contributed by atoms with E-state index in [4.69, 9.17) is 9.47 Å². The fourth-order valence-corrected chi connectivity index (χ4v) is 2.11. The van der Waals surface area contributed by atoms with Crippen molar-refractivity contribution in [2.75, 3.05) is 26.4 Å². The molecule has 0 atom stereocenters. The molecule has 0 saturated heterocycles. The Bertz CT molecular complexity index is 427. The predicted octanol–water partition coefficient (Wildman–Crippen LogP) is 0.913. The number of hydrogen-bond acceptors (Lipinski definition) is 3. The molecule has 0 bridgehead atoms. The standard InChI is InChI=1S/C14H19NO3/c1-3-15(4-2)8-7-12(16)11-5-6-13-14(9-11)18-10-17-13/h5-6,9H,3-4,7-8,10H2,1-2H3/p+1. The average Bonchev–Trinajstić information content (AvgIpc) is 2.86. The molecule has 0 aromatic heterocycles. The van der Waals surface area contributed by atoms with Crippen LogP contribution in [0.25, 0.3) is 0 Å². The van der Waals surface area contributed by atoms with Crippen molar-refractivity contribution in [3.63, 3.8) is 0 Å². The van der Waals surface area contributed by atoms with Gasteiger partial charge in [-0.2, -0.15) is 0 Å². The summed E-state index contributed by atoms with van der Waals surface area (Å²) in [5.74, 6) is 1.57. The molecule has 4 nitrogen and oxygen atoms in total. The zero-order valence-electron chi connectivity index (χ0n) is 11.0. The lowest BCUT2D eigenvalue weighted by molar-refractivity contribution is -0.895. The van der Waals surface area contributed by atoms with E-state index < -0.39 is 0 Å². The second-order valence-electron chi connectivity index (χ2n) is 4.45. The molecule has 1 aliphatic rings. The molecule has 0 amide bonds. The van der Waals surface area contributed by atoms with Crippen LogP contribution in [0.4, 0.5) is 0 Å². The second kappa shape index (κ2) is 5.87. The molecule has 0 unspecified atom stereocenters. The summed E-state index contributed by atoms with van der Waals surface area (Å²) < 4.78 is 10.5. The first-order valence-electron chi connectivity index (χ1n) is 6.51. The summed E-state index contributed by atoms with van der Waals surface area (Å²) in [5, 5.41) is 0. The van der Waals surface area contributed by atoms with E-state index in [0.29, 0.717) is 17.7 Å². The Morgan fingerprint density at radius 3 is 2.67 bits per heavy atom. The fourth-order valence-electron chi connectivity index (χ4n) is 2.11. The van der Waals surface area contributed by atoms with Gasteiger partial charge in [-0.25, -0.2) is 0 Å². The van der Waals surface area contributed by atoms with Crippen molar-refractivity contribution in [3.05, 3.63) is 23.8 Å². The van der Waals surface area contributed by atoms with Crippen LogP contribution < -0.4 is 14.4 Å². The van der Waals surface area contributed by atoms with Crippen molar-refractivity contribution in [1.29, 1.82) is 0 Å². The van der Waals surface area contributed by atoms with Crippen molar-refractivity contribution in [2.45, 2.75) is 20.3 Å². The van der Waals surface area contributed by atoms with Crippen molar-refractivity contribution in [3.8, 4) is 11.5 Å². The molecule has 1 aliphatic heterocycles. The van der Waals surface area contributed by atoms with E-state index >= 15 is 0 Å². The lowest BCUT2D eigenvalue weighted by Gasteiger charge is -2.14. The van der Waals surface area contributed by atoms with Gasteiger partial charge in [0.05, 0.1) is 26.1 Å². The Morgan fingerprint density at radius 1 is 1.22 bits per heavy atom. The molecule has 4 heteroatoms. The summed E-state index contributed by atoms with van der Waals surface area (Å²) >= 11 is 0. The summed E-state index contributed by atoms with van der Waals surface area (Å²) in [6.07, 6.45) is 0.580. The van der Waals surface area contributed by atoms with Gasteiger partial charge >= 0.3 is 0 Å². The average molecular weight is 250 g/mol. The molecule has 2 rings (SSSR count). The lowest BCUT2D eigenvalue weighted by Crippen LogP contribution is -3.11. The molecule has 1 N–H and O–H groups in total. The van der Waals surface area contributed by atoms with Crippen molar-refractivity contribution < 1.29 is 19.2 Å². The van der Waals surface area contributed by atoms with Gasteiger partial charge < -0.3 is 14.4 Å². The van der Waals surface area contributed by atoms with Crippen LogP contribution in [0, 0.1) is 0 Å². The SMILES string of the molecule is CC[NH+](CC)CCC(=O)c1ccc2c(c1)OCO2. The van der Waals surface area contributed by atoms with Crippen molar-refractivity contribution in [1.82, 2.24) is 0 Å². The van der Waals surface area contributed by atoms with Gasteiger partial charge in [-0.1, -0.05) is 0 Å². The van der Waals surface area contributed by atoms with Gasteiger partial charge in [0.1, 0.15) is 0 Å². The van der Waals surface area contributed by atoms with Gasteiger partial charge in [-0.15, -0.1) is 0 Å². The maximum absolute atomic E-state index is 12.1. The Hall–Kier alpha value is -1.55. The highest BCUT2D eigenvalue weighted by molar-refractivity contribution is 5.96. The number of quaternary nitrogens is 1. The number of fused-ring (bicyclic) bond motifs is 1. The third-order valence-corrected chi connectivity index (χ3v) is 3.40. The predicted molar refractivity (Wildman–Crippen MR) is 68.4 cm³/mol. The van der Waals surface area contributed by atoms with E-state index in [1.807, 2.05) is 6.07 Å². The van der Waals surface area contributed by atoms with E-state index in [1.165, 1.54) is 4.90 Å². The number of nitrogens with one attached hydrogen (secondary N) is 1. The van der Waals surface area contributed by atoms with Crippen LogP contribution in [0.2, 0.25) is 0 Å². The molecule has 98 valence electrons. The normalized spacial score (nSPS) is 13.1. The van der Waals surface area contributed by atoms with E-state index in [0.717, 1.165) is 25.4 Å². The van der Waals surface area contributed by atoms with Gasteiger partial charge in [-0.3, -0.25) is 4.79 Å². The summed E-state index contributed by atoms with van der Waals surface area (Å²) in [6, 6.07) is 5.40. The first-order chi connectivity index (χ1) is 8.74. The van der Waals surface area contributed by atoms with E-state index in [9.17, 15) is 4.79 Å². The molecular formula is C14H20NO3+. The molecule has 1 heterocycles. The highest BCUT2D eigenvalue weighted by Gasteiger charge is 2.17. The first-order valence-corrected chi connectivity index (χ1v) is 6.51. The molecular weight excluding hydrogens is 230 g/mol.